The van der Waals surface area contributed by atoms with E-state index in [-0.39, 0.29) is 6.03 Å². The third-order valence-corrected chi connectivity index (χ3v) is 4.14. The van der Waals surface area contributed by atoms with Crippen LogP contribution < -0.4 is 15.4 Å². The molecule has 1 heterocycles. The molecule has 2 aromatic rings. The lowest BCUT2D eigenvalue weighted by atomic mass is 10.3. The molecule has 8 nitrogen and oxygen atoms in total. The molecule has 1 aromatic heterocycles. The van der Waals surface area contributed by atoms with Gasteiger partial charge in [-0.15, -0.1) is 0 Å². The van der Waals surface area contributed by atoms with Crippen LogP contribution in [0.5, 0.6) is 0 Å². The summed E-state index contributed by atoms with van der Waals surface area (Å²) in [7, 11) is -1.81. The topological polar surface area (TPSA) is 109 Å². The number of rotatable bonds is 6. The molecule has 0 unspecified atom stereocenters. The highest BCUT2D eigenvalue weighted by Crippen LogP contribution is 2.28. The summed E-state index contributed by atoms with van der Waals surface area (Å²) in [4.78, 5) is 15.8. The molecule has 22 heavy (non-hydrogen) atoms. The summed E-state index contributed by atoms with van der Waals surface area (Å²) in [5.74, 6) is 0. The minimum atomic E-state index is -3.36. The lowest BCUT2D eigenvalue weighted by Gasteiger charge is -2.06. The van der Waals surface area contributed by atoms with Crippen molar-refractivity contribution >= 4 is 48.4 Å². The Morgan fingerprint density at radius 1 is 1.41 bits per heavy atom. The smallest absolute Gasteiger partial charge is 0.319 e. The molecule has 120 valence electrons. The second-order valence-corrected chi connectivity index (χ2v) is 7.23. The Bertz CT molecular complexity index is 773. The van der Waals surface area contributed by atoms with Gasteiger partial charge in [-0.05, 0) is 18.2 Å². The zero-order valence-electron chi connectivity index (χ0n) is 12.0. The summed E-state index contributed by atoms with van der Waals surface area (Å²) >= 11 is 1.19. The number of thiazole rings is 1. The molecule has 0 aliphatic rings. The zero-order chi connectivity index (χ0) is 16.2. The summed E-state index contributed by atoms with van der Waals surface area (Å²) in [6.45, 7) is 0.843. The van der Waals surface area contributed by atoms with Crippen LogP contribution in [0.4, 0.5) is 15.6 Å². The molecule has 0 aliphatic heterocycles. The first-order valence-corrected chi connectivity index (χ1v) is 9.00. The fourth-order valence-corrected chi connectivity index (χ4v) is 3.39. The molecule has 0 aliphatic carbocycles. The molecule has 0 saturated heterocycles. The van der Waals surface area contributed by atoms with Gasteiger partial charge in [0.05, 0.1) is 23.1 Å². The highest BCUT2D eigenvalue weighted by Gasteiger charge is 2.09. The average molecular weight is 344 g/mol. The van der Waals surface area contributed by atoms with Gasteiger partial charge in [0.15, 0.2) is 5.13 Å². The summed E-state index contributed by atoms with van der Waals surface area (Å²) in [5, 5.41) is 5.61. The number of nitrogens with one attached hydrogen (secondary N) is 3. The molecular formula is C12H16N4O4S2. The molecule has 0 atom stereocenters. The van der Waals surface area contributed by atoms with E-state index < -0.39 is 10.0 Å². The van der Waals surface area contributed by atoms with Crippen LogP contribution in [0.15, 0.2) is 18.2 Å². The van der Waals surface area contributed by atoms with Crippen LogP contribution in [0.3, 0.4) is 0 Å². The number of hydrogen-bond donors (Lipinski definition) is 3. The lowest BCUT2D eigenvalue weighted by Crippen LogP contribution is -2.31. The Balaban J connectivity index is 2.08. The van der Waals surface area contributed by atoms with E-state index in [1.165, 1.54) is 11.3 Å². The third kappa shape index (κ3) is 4.83. The van der Waals surface area contributed by atoms with E-state index >= 15 is 0 Å². The number of aromatic nitrogens is 1. The van der Waals surface area contributed by atoms with Gasteiger partial charge in [-0.1, -0.05) is 11.3 Å². The SMILES string of the molecule is COCCNC(=O)Nc1ccc2nc(NS(C)(=O)=O)sc2c1. The van der Waals surface area contributed by atoms with Crippen molar-refractivity contribution in [3.8, 4) is 0 Å². The van der Waals surface area contributed by atoms with Crippen LogP contribution in [0.25, 0.3) is 10.2 Å². The summed E-state index contributed by atoms with van der Waals surface area (Å²) < 4.78 is 30.3. The summed E-state index contributed by atoms with van der Waals surface area (Å²) in [5.41, 5.74) is 1.25. The number of anilines is 2. The first-order valence-electron chi connectivity index (χ1n) is 6.29. The van der Waals surface area contributed by atoms with Crippen molar-refractivity contribution < 1.29 is 17.9 Å². The number of nitrogens with zero attached hydrogens (tertiary/aromatic N) is 1. The monoisotopic (exact) mass is 344 g/mol. The summed E-state index contributed by atoms with van der Waals surface area (Å²) in [6, 6.07) is 4.80. The van der Waals surface area contributed by atoms with Crippen molar-refractivity contribution in [3.05, 3.63) is 18.2 Å². The number of amides is 2. The maximum Gasteiger partial charge on any atom is 0.319 e. The van der Waals surface area contributed by atoms with Crippen LogP contribution in [0, 0.1) is 0 Å². The molecular weight excluding hydrogens is 328 g/mol. The lowest BCUT2D eigenvalue weighted by molar-refractivity contribution is 0.198. The molecule has 0 bridgehead atoms. The van der Waals surface area contributed by atoms with Gasteiger partial charge in [-0.3, -0.25) is 4.72 Å². The van der Waals surface area contributed by atoms with Crippen molar-refractivity contribution in [3.63, 3.8) is 0 Å². The van der Waals surface area contributed by atoms with E-state index in [0.29, 0.717) is 29.5 Å². The molecule has 3 N–H and O–H groups in total. The average Bonchev–Trinajstić information content (AvgIpc) is 2.78. The van der Waals surface area contributed by atoms with Gasteiger partial charge in [-0.25, -0.2) is 18.2 Å². The fourth-order valence-electron chi connectivity index (χ4n) is 1.65. The molecule has 0 saturated carbocycles. The number of carbonyl (C=O) groups is 1. The maximum atomic E-state index is 11.6. The van der Waals surface area contributed by atoms with Gasteiger partial charge in [0, 0.05) is 19.3 Å². The quantitative estimate of drug-likeness (QED) is 0.687. The highest BCUT2D eigenvalue weighted by atomic mass is 32.2. The van der Waals surface area contributed by atoms with E-state index in [2.05, 4.69) is 20.3 Å². The van der Waals surface area contributed by atoms with E-state index in [4.69, 9.17) is 4.74 Å². The van der Waals surface area contributed by atoms with E-state index in [1.807, 2.05) is 0 Å². The van der Waals surface area contributed by atoms with Crippen LogP contribution in [0.1, 0.15) is 0 Å². The number of hydrogen-bond acceptors (Lipinski definition) is 6. The Hall–Kier alpha value is -1.91. The summed E-state index contributed by atoms with van der Waals surface area (Å²) in [6.07, 6.45) is 1.07. The number of methoxy groups -OCH3 is 1. The molecule has 1 aromatic carbocycles. The Labute approximate surface area is 131 Å². The van der Waals surface area contributed by atoms with Gasteiger partial charge < -0.3 is 15.4 Å². The Morgan fingerprint density at radius 2 is 2.18 bits per heavy atom. The molecule has 0 spiro atoms. The van der Waals surface area contributed by atoms with Gasteiger partial charge >= 0.3 is 6.03 Å². The van der Waals surface area contributed by atoms with Crippen LogP contribution in [-0.4, -0.2) is 46.0 Å². The fraction of sp³-hybridized carbons (Fsp3) is 0.333. The molecule has 0 fully saturated rings. The van der Waals surface area contributed by atoms with Crippen LogP contribution in [0.2, 0.25) is 0 Å². The normalized spacial score (nSPS) is 11.4. The van der Waals surface area contributed by atoms with Crippen molar-refractivity contribution in [2.24, 2.45) is 0 Å². The molecule has 0 radical (unpaired) electrons. The zero-order valence-corrected chi connectivity index (χ0v) is 13.7. The van der Waals surface area contributed by atoms with Gasteiger partial charge in [0.25, 0.3) is 0 Å². The molecule has 2 amide bonds. The first-order chi connectivity index (χ1) is 10.4. The van der Waals surface area contributed by atoms with Crippen LogP contribution in [-0.2, 0) is 14.8 Å². The van der Waals surface area contributed by atoms with Crippen molar-refractivity contribution in [1.82, 2.24) is 10.3 Å². The van der Waals surface area contributed by atoms with Crippen molar-refractivity contribution in [1.29, 1.82) is 0 Å². The number of sulfonamides is 1. The second-order valence-electron chi connectivity index (χ2n) is 4.45. The number of fused-ring (bicyclic) bond motifs is 1. The largest absolute Gasteiger partial charge is 0.383 e. The minimum absolute atomic E-state index is 0.291. The van der Waals surface area contributed by atoms with E-state index in [0.717, 1.165) is 11.0 Å². The minimum Gasteiger partial charge on any atom is -0.383 e. The molecule has 2 rings (SSSR count). The maximum absolute atomic E-state index is 11.6. The van der Waals surface area contributed by atoms with Crippen molar-refractivity contribution in [2.75, 3.05) is 36.6 Å². The predicted molar refractivity (Wildman–Crippen MR) is 87.0 cm³/mol. The van der Waals surface area contributed by atoms with Crippen molar-refractivity contribution in [2.45, 2.75) is 0 Å². The second kappa shape index (κ2) is 6.90. The number of ether oxygens (including phenoxy) is 1. The molecule has 10 heteroatoms. The standard InChI is InChI=1S/C12H16N4O4S2/c1-20-6-5-13-11(17)14-8-3-4-9-10(7-8)21-12(15-9)16-22(2,18)19/h3-4,7H,5-6H2,1-2H3,(H,15,16)(H2,13,14,17). The van der Waals surface area contributed by atoms with Gasteiger partial charge in [-0.2, -0.15) is 0 Å². The third-order valence-electron chi connectivity index (χ3n) is 2.51. The highest BCUT2D eigenvalue weighted by molar-refractivity contribution is 7.92. The number of benzene rings is 1. The number of carbonyl (C=O) groups excluding carboxylic acids is 1. The van der Waals surface area contributed by atoms with E-state index in [1.54, 1.807) is 25.3 Å². The van der Waals surface area contributed by atoms with Crippen LogP contribution >= 0.6 is 11.3 Å². The Kier molecular flexibility index (Phi) is 5.16. The number of urea groups is 1. The van der Waals surface area contributed by atoms with E-state index in [9.17, 15) is 13.2 Å². The van der Waals surface area contributed by atoms with Gasteiger partial charge in [0.1, 0.15) is 0 Å². The van der Waals surface area contributed by atoms with Gasteiger partial charge in [0.2, 0.25) is 10.0 Å². The first kappa shape index (κ1) is 16.5. The predicted octanol–water partition coefficient (Wildman–Crippen LogP) is 1.44. The Morgan fingerprint density at radius 3 is 2.86 bits per heavy atom.